The summed E-state index contributed by atoms with van der Waals surface area (Å²) < 4.78 is 0. The Bertz CT molecular complexity index is 620. The number of aryl methyl sites for hydroxylation is 1. The van der Waals surface area contributed by atoms with E-state index in [4.69, 9.17) is 15.9 Å². The van der Waals surface area contributed by atoms with Crippen molar-refractivity contribution in [2.75, 3.05) is 31.2 Å². The van der Waals surface area contributed by atoms with Gasteiger partial charge in [0.1, 0.15) is 5.82 Å². The summed E-state index contributed by atoms with van der Waals surface area (Å²) in [7, 11) is 0. The monoisotopic (exact) mass is 306 g/mol. The Morgan fingerprint density at radius 2 is 2.00 bits per heavy atom. The first-order valence-electron chi connectivity index (χ1n) is 7.37. The highest BCUT2D eigenvalue weighted by Gasteiger charge is 2.09. The molecule has 2 rings (SSSR count). The molecule has 0 radical (unpaired) electrons. The number of aromatic nitrogens is 2. The van der Waals surface area contributed by atoms with Crippen molar-refractivity contribution in [1.82, 2.24) is 9.97 Å². The number of imidazole rings is 1. The molecule has 120 valence electrons. The van der Waals surface area contributed by atoms with Crippen LogP contribution in [0.1, 0.15) is 18.7 Å². The molecule has 0 saturated carbocycles. The van der Waals surface area contributed by atoms with Crippen LogP contribution in [0, 0.1) is 0 Å². The molecule has 22 heavy (non-hydrogen) atoms. The SMILES string of the molecule is NC(=O)CCCc1nc2ccc(N(CCO)CCO)cc2[nH]1. The average molecular weight is 306 g/mol. The van der Waals surface area contributed by atoms with Crippen molar-refractivity contribution in [1.29, 1.82) is 0 Å². The van der Waals surface area contributed by atoms with Crippen molar-refractivity contribution < 1.29 is 15.0 Å². The average Bonchev–Trinajstić information content (AvgIpc) is 2.88. The van der Waals surface area contributed by atoms with Crippen molar-refractivity contribution >= 4 is 22.6 Å². The molecule has 1 aromatic heterocycles. The molecule has 0 fully saturated rings. The molecule has 5 N–H and O–H groups in total. The normalized spacial score (nSPS) is 11.0. The Hall–Kier alpha value is -2.12. The minimum atomic E-state index is -0.304. The van der Waals surface area contributed by atoms with Crippen molar-refractivity contribution in [3.63, 3.8) is 0 Å². The van der Waals surface area contributed by atoms with Crippen LogP contribution in [0.15, 0.2) is 18.2 Å². The lowest BCUT2D eigenvalue weighted by atomic mass is 10.2. The van der Waals surface area contributed by atoms with Crippen LogP contribution in [0.4, 0.5) is 5.69 Å². The number of aliphatic hydroxyl groups excluding tert-OH is 2. The van der Waals surface area contributed by atoms with Gasteiger partial charge in [-0.25, -0.2) is 4.98 Å². The van der Waals surface area contributed by atoms with Crippen LogP contribution in [0.25, 0.3) is 11.0 Å². The maximum atomic E-state index is 10.7. The molecule has 1 aromatic carbocycles. The van der Waals surface area contributed by atoms with Gasteiger partial charge in [-0.1, -0.05) is 0 Å². The van der Waals surface area contributed by atoms with Crippen molar-refractivity contribution in [3.05, 3.63) is 24.0 Å². The number of rotatable bonds is 9. The quantitative estimate of drug-likeness (QED) is 0.527. The third kappa shape index (κ3) is 4.19. The lowest BCUT2D eigenvalue weighted by Crippen LogP contribution is -2.29. The van der Waals surface area contributed by atoms with E-state index in [1.165, 1.54) is 0 Å². The van der Waals surface area contributed by atoms with E-state index >= 15 is 0 Å². The molecule has 0 aliphatic carbocycles. The Labute approximate surface area is 128 Å². The van der Waals surface area contributed by atoms with E-state index in [2.05, 4.69) is 9.97 Å². The van der Waals surface area contributed by atoms with Gasteiger partial charge < -0.3 is 25.8 Å². The predicted molar refractivity (Wildman–Crippen MR) is 84.6 cm³/mol. The van der Waals surface area contributed by atoms with Gasteiger partial charge >= 0.3 is 0 Å². The molecule has 0 spiro atoms. The van der Waals surface area contributed by atoms with Gasteiger partial charge in [0.05, 0.1) is 24.2 Å². The third-order valence-electron chi connectivity index (χ3n) is 3.46. The molecule has 0 bridgehead atoms. The van der Waals surface area contributed by atoms with E-state index in [1.807, 2.05) is 23.1 Å². The summed E-state index contributed by atoms with van der Waals surface area (Å²) >= 11 is 0. The first-order chi connectivity index (χ1) is 10.6. The van der Waals surface area contributed by atoms with Gasteiger partial charge in [0, 0.05) is 31.6 Å². The van der Waals surface area contributed by atoms with Crippen LogP contribution in [-0.4, -0.2) is 52.4 Å². The largest absolute Gasteiger partial charge is 0.395 e. The Morgan fingerprint density at radius 3 is 2.64 bits per heavy atom. The molecule has 2 aromatic rings. The molecule has 0 unspecified atom stereocenters. The molecule has 1 amide bonds. The fourth-order valence-electron chi connectivity index (χ4n) is 2.41. The zero-order valence-electron chi connectivity index (χ0n) is 12.5. The van der Waals surface area contributed by atoms with Crippen molar-refractivity contribution in [2.45, 2.75) is 19.3 Å². The second-order valence-electron chi connectivity index (χ2n) is 5.14. The summed E-state index contributed by atoms with van der Waals surface area (Å²) in [5.41, 5.74) is 7.79. The number of nitrogens with two attached hydrogens (primary N) is 1. The van der Waals surface area contributed by atoms with Crippen LogP contribution < -0.4 is 10.6 Å². The number of fused-ring (bicyclic) bond motifs is 1. The summed E-state index contributed by atoms with van der Waals surface area (Å²) in [6, 6.07) is 5.77. The number of anilines is 1. The van der Waals surface area contributed by atoms with Gasteiger partial charge in [-0.3, -0.25) is 4.79 Å². The smallest absolute Gasteiger partial charge is 0.217 e. The maximum absolute atomic E-state index is 10.7. The number of benzene rings is 1. The molecule has 7 heteroatoms. The molecule has 0 aliphatic heterocycles. The van der Waals surface area contributed by atoms with E-state index in [9.17, 15) is 4.79 Å². The number of aliphatic hydroxyl groups is 2. The minimum absolute atomic E-state index is 0.0272. The third-order valence-corrected chi connectivity index (χ3v) is 3.46. The standard InChI is InChI=1S/C15H22N4O3/c16-14(22)2-1-3-15-17-12-5-4-11(10-13(12)18-15)19(6-8-20)7-9-21/h4-5,10,20-21H,1-3,6-9H2,(H2,16,22)(H,17,18). The van der Waals surface area contributed by atoms with Crippen LogP contribution in [0.5, 0.6) is 0 Å². The topological polar surface area (TPSA) is 115 Å². The Balaban J connectivity index is 2.13. The zero-order valence-corrected chi connectivity index (χ0v) is 12.5. The summed E-state index contributed by atoms with van der Waals surface area (Å²) in [5, 5.41) is 18.2. The fraction of sp³-hybridized carbons (Fsp3) is 0.467. The second-order valence-corrected chi connectivity index (χ2v) is 5.14. The van der Waals surface area contributed by atoms with Gasteiger partial charge in [-0.15, -0.1) is 0 Å². The van der Waals surface area contributed by atoms with Crippen LogP contribution in [0.2, 0.25) is 0 Å². The number of nitrogens with zero attached hydrogens (tertiary/aromatic N) is 2. The number of aromatic amines is 1. The number of hydrogen-bond acceptors (Lipinski definition) is 5. The molecular weight excluding hydrogens is 284 g/mol. The molecule has 1 heterocycles. The molecule has 7 nitrogen and oxygen atoms in total. The van der Waals surface area contributed by atoms with E-state index in [0.29, 0.717) is 32.4 Å². The molecule has 0 aliphatic rings. The van der Waals surface area contributed by atoms with E-state index < -0.39 is 0 Å². The summed E-state index contributed by atoms with van der Waals surface area (Å²) in [5.74, 6) is 0.520. The minimum Gasteiger partial charge on any atom is -0.395 e. The number of amides is 1. The van der Waals surface area contributed by atoms with Crippen LogP contribution in [-0.2, 0) is 11.2 Å². The first kappa shape index (κ1) is 16.3. The van der Waals surface area contributed by atoms with Crippen LogP contribution >= 0.6 is 0 Å². The van der Waals surface area contributed by atoms with Gasteiger partial charge in [0.25, 0.3) is 0 Å². The van der Waals surface area contributed by atoms with E-state index in [1.54, 1.807) is 0 Å². The van der Waals surface area contributed by atoms with Gasteiger partial charge in [0.2, 0.25) is 5.91 Å². The van der Waals surface area contributed by atoms with Crippen molar-refractivity contribution in [3.8, 4) is 0 Å². The van der Waals surface area contributed by atoms with Crippen LogP contribution in [0.3, 0.4) is 0 Å². The Morgan fingerprint density at radius 1 is 1.27 bits per heavy atom. The first-order valence-corrected chi connectivity index (χ1v) is 7.37. The molecular formula is C15H22N4O3. The zero-order chi connectivity index (χ0) is 15.9. The van der Waals surface area contributed by atoms with Gasteiger partial charge in [0.15, 0.2) is 0 Å². The number of carbonyl (C=O) groups is 1. The highest BCUT2D eigenvalue weighted by atomic mass is 16.3. The molecule has 0 atom stereocenters. The van der Waals surface area contributed by atoms with Gasteiger partial charge in [-0.05, 0) is 24.6 Å². The number of H-pyrrole nitrogens is 1. The maximum Gasteiger partial charge on any atom is 0.217 e. The summed E-state index contributed by atoms with van der Waals surface area (Å²) in [6.45, 7) is 0.982. The van der Waals surface area contributed by atoms with E-state index in [-0.39, 0.29) is 19.1 Å². The fourth-order valence-corrected chi connectivity index (χ4v) is 2.41. The summed E-state index contributed by atoms with van der Waals surface area (Å²) in [4.78, 5) is 20.4. The highest BCUT2D eigenvalue weighted by Crippen LogP contribution is 2.21. The Kier molecular flexibility index (Phi) is 5.74. The second kappa shape index (κ2) is 7.77. The van der Waals surface area contributed by atoms with Crippen molar-refractivity contribution in [2.24, 2.45) is 5.73 Å². The number of hydrogen-bond donors (Lipinski definition) is 4. The lowest BCUT2D eigenvalue weighted by Gasteiger charge is -2.22. The lowest BCUT2D eigenvalue weighted by molar-refractivity contribution is -0.118. The highest BCUT2D eigenvalue weighted by molar-refractivity contribution is 5.79. The predicted octanol–water partition coefficient (Wildman–Crippen LogP) is 0.162. The number of nitrogens with one attached hydrogen (secondary N) is 1. The number of carbonyl (C=O) groups excluding carboxylic acids is 1. The summed E-state index contributed by atoms with van der Waals surface area (Å²) in [6.07, 6.45) is 1.69. The molecule has 0 saturated heterocycles. The van der Waals surface area contributed by atoms with Gasteiger partial charge in [-0.2, -0.15) is 0 Å². The van der Waals surface area contributed by atoms with E-state index in [0.717, 1.165) is 22.5 Å². The number of primary amides is 1.